The fraction of sp³-hybridized carbons (Fsp3) is 0.529. The predicted octanol–water partition coefficient (Wildman–Crippen LogP) is 0.664. The van der Waals surface area contributed by atoms with E-state index in [0.717, 1.165) is 18.5 Å². The Morgan fingerprint density at radius 2 is 2.31 bits per heavy atom. The molecule has 9 nitrogen and oxygen atoms in total. The molecule has 1 fully saturated rings. The van der Waals surface area contributed by atoms with Gasteiger partial charge in [-0.3, -0.25) is 14.7 Å². The number of hydrogen-bond acceptors (Lipinski definition) is 6. The number of β-amino-alcohol motifs (C(OH)–C–C–N with tert-alkyl or cyclic N) is 1. The molecule has 26 heavy (non-hydrogen) atoms. The molecule has 2 aromatic rings. The Balaban J connectivity index is 1.60. The number of aryl methyl sites for hydroxylation is 2. The first kappa shape index (κ1) is 18.1. The maximum Gasteiger partial charge on any atom is 0.273 e. The van der Waals surface area contributed by atoms with Crippen molar-refractivity contribution >= 4 is 11.8 Å². The zero-order valence-corrected chi connectivity index (χ0v) is 14.9. The number of carbonyl (C=O) groups is 2. The fourth-order valence-corrected chi connectivity index (χ4v) is 3.11. The van der Waals surface area contributed by atoms with Crippen molar-refractivity contribution in [2.75, 3.05) is 13.1 Å². The molecule has 1 saturated heterocycles. The van der Waals surface area contributed by atoms with Crippen LogP contribution in [0, 0.1) is 6.92 Å². The Labute approximate surface area is 150 Å². The average molecular weight is 361 g/mol. The van der Waals surface area contributed by atoms with Crippen molar-refractivity contribution in [1.29, 1.82) is 0 Å². The van der Waals surface area contributed by atoms with Crippen LogP contribution in [0.2, 0.25) is 0 Å². The fourth-order valence-electron chi connectivity index (χ4n) is 3.11. The summed E-state index contributed by atoms with van der Waals surface area (Å²) >= 11 is 0. The van der Waals surface area contributed by atoms with Gasteiger partial charge in [0.05, 0.1) is 23.9 Å². The lowest BCUT2D eigenvalue weighted by Gasteiger charge is -2.36. The SMILES string of the molecule is CCCc1[nH]ncc1C(=O)N1CCC(NC(=O)c2cc(C)on2)C(O)C1. The summed E-state index contributed by atoms with van der Waals surface area (Å²) in [6.45, 7) is 4.32. The van der Waals surface area contributed by atoms with E-state index in [0.29, 0.717) is 24.3 Å². The molecule has 3 N–H and O–H groups in total. The second kappa shape index (κ2) is 7.69. The van der Waals surface area contributed by atoms with Gasteiger partial charge in [0.1, 0.15) is 5.76 Å². The van der Waals surface area contributed by atoms with Gasteiger partial charge >= 0.3 is 0 Å². The number of piperidine rings is 1. The van der Waals surface area contributed by atoms with E-state index in [2.05, 4.69) is 20.7 Å². The lowest BCUT2D eigenvalue weighted by molar-refractivity contribution is 0.0313. The molecule has 2 aromatic heterocycles. The first-order valence-corrected chi connectivity index (χ1v) is 8.73. The number of rotatable bonds is 5. The molecule has 2 amide bonds. The third kappa shape index (κ3) is 3.77. The zero-order valence-electron chi connectivity index (χ0n) is 14.9. The van der Waals surface area contributed by atoms with Gasteiger partial charge in [-0.2, -0.15) is 5.10 Å². The molecule has 3 rings (SSSR count). The van der Waals surface area contributed by atoms with Crippen molar-refractivity contribution in [3.63, 3.8) is 0 Å². The number of nitrogens with zero attached hydrogens (tertiary/aromatic N) is 3. The van der Waals surface area contributed by atoms with Crippen LogP contribution < -0.4 is 5.32 Å². The molecule has 0 aromatic carbocycles. The van der Waals surface area contributed by atoms with Crippen molar-refractivity contribution in [3.8, 4) is 0 Å². The lowest BCUT2D eigenvalue weighted by Crippen LogP contribution is -2.55. The van der Waals surface area contributed by atoms with E-state index in [-0.39, 0.29) is 18.1 Å². The maximum absolute atomic E-state index is 12.7. The Kier molecular flexibility index (Phi) is 5.36. The molecular formula is C17H23N5O4. The third-order valence-corrected chi connectivity index (χ3v) is 4.49. The Hall–Kier alpha value is -2.68. The molecule has 1 aliphatic heterocycles. The summed E-state index contributed by atoms with van der Waals surface area (Å²) in [6, 6.07) is 1.09. The van der Waals surface area contributed by atoms with Crippen molar-refractivity contribution in [2.45, 2.75) is 45.3 Å². The minimum absolute atomic E-state index is 0.151. The number of amides is 2. The summed E-state index contributed by atoms with van der Waals surface area (Å²) in [7, 11) is 0. The number of hydrogen-bond donors (Lipinski definition) is 3. The topological polar surface area (TPSA) is 124 Å². The van der Waals surface area contributed by atoms with Gasteiger partial charge in [0.2, 0.25) is 0 Å². The molecule has 2 unspecified atom stereocenters. The van der Waals surface area contributed by atoms with Gasteiger partial charge in [-0.25, -0.2) is 0 Å². The van der Waals surface area contributed by atoms with Gasteiger partial charge in [-0.1, -0.05) is 18.5 Å². The monoisotopic (exact) mass is 361 g/mol. The molecule has 1 aliphatic rings. The molecule has 0 spiro atoms. The van der Waals surface area contributed by atoms with E-state index in [4.69, 9.17) is 4.52 Å². The van der Waals surface area contributed by atoms with E-state index in [1.54, 1.807) is 11.8 Å². The highest BCUT2D eigenvalue weighted by atomic mass is 16.5. The molecule has 2 atom stereocenters. The first-order valence-electron chi connectivity index (χ1n) is 8.73. The van der Waals surface area contributed by atoms with Gasteiger partial charge in [-0.15, -0.1) is 0 Å². The summed E-state index contributed by atoms with van der Waals surface area (Å²) < 4.78 is 4.89. The van der Waals surface area contributed by atoms with Gasteiger partial charge < -0.3 is 19.8 Å². The van der Waals surface area contributed by atoms with Crippen LogP contribution in [0.25, 0.3) is 0 Å². The largest absolute Gasteiger partial charge is 0.389 e. The summed E-state index contributed by atoms with van der Waals surface area (Å²) in [5, 5.41) is 23.6. The van der Waals surface area contributed by atoms with Crippen molar-refractivity contribution in [2.24, 2.45) is 0 Å². The number of carbonyl (C=O) groups excluding carboxylic acids is 2. The highest BCUT2D eigenvalue weighted by Gasteiger charge is 2.33. The molecule has 0 bridgehead atoms. The number of likely N-dealkylation sites (tertiary alicyclic amines) is 1. The van der Waals surface area contributed by atoms with Crippen LogP contribution in [0.5, 0.6) is 0 Å². The number of H-pyrrole nitrogens is 1. The molecule has 9 heteroatoms. The Morgan fingerprint density at radius 1 is 1.50 bits per heavy atom. The van der Waals surface area contributed by atoms with Crippen LogP contribution in [0.3, 0.4) is 0 Å². The number of aromatic nitrogens is 3. The normalized spacial score (nSPS) is 20.2. The number of aliphatic hydroxyl groups excluding tert-OH is 1. The van der Waals surface area contributed by atoms with Crippen LogP contribution in [-0.2, 0) is 6.42 Å². The van der Waals surface area contributed by atoms with E-state index >= 15 is 0 Å². The van der Waals surface area contributed by atoms with Gasteiger partial charge in [0, 0.05) is 24.8 Å². The highest BCUT2D eigenvalue weighted by Crippen LogP contribution is 2.17. The van der Waals surface area contributed by atoms with Gasteiger partial charge in [0.25, 0.3) is 11.8 Å². The smallest absolute Gasteiger partial charge is 0.273 e. The average Bonchev–Trinajstić information content (AvgIpc) is 3.25. The summed E-state index contributed by atoms with van der Waals surface area (Å²) in [4.78, 5) is 26.4. The van der Waals surface area contributed by atoms with Crippen LogP contribution in [0.4, 0.5) is 0 Å². The maximum atomic E-state index is 12.7. The third-order valence-electron chi connectivity index (χ3n) is 4.49. The second-order valence-corrected chi connectivity index (χ2v) is 6.52. The summed E-state index contributed by atoms with van der Waals surface area (Å²) in [6.07, 6.45) is 2.77. The minimum Gasteiger partial charge on any atom is -0.389 e. The molecule has 0 radical (unpaired) electrons. The molecule has 0 aliphatic carbocycles. The van der Waals surface area contributed by atoms with E-state index in [1.807, 2.05) is 6.92 Å². The minimum atomic E-state index is -0.855. The predicted molar refractivity (Wildman–Crippen MR) is 91.6 cm³/mol. The van der Waals surface area contributed by atoms with E-state index in [1.165, 1.54) is 12.3 Å². The first-order chi connectivity index (χ1) is 12.5. The number of aliphatic hydroxyl groups is 1. The van der Waals surface area contributed by atoms with Crippen molar-refractivity contribution in [3.05, 3.63) is 35.0 Å². The quantitative estimate of drug-likeness (QED) is 0.719. The summed E-state index contributed by atoms with van der Waals surface area (Å²) in [5.41, 5.74) is 1.53. The van der Waals surface area contributed by atoms with Crippen molar-refractivity contribution < 1.29 is 19.2 Å². The standard InChI is InChI=1S/C17H23N5O4/c1-3-4-12-11(8-18-20-12)17(25)22-6-5-13(15(23)9-22)19-16(24)14-7-10(2)26-21-14/h7-8,13,15,23H,3-6,9H2,1-2H3,(H,18,20)(H,19,24). The number of nitrogens with one attached hydrogen (secondary N) is 2. The highest BCUT2D eigenvalue weighted by molar-refractivity contribution is 5.95. The van der Waals surface area contributed by atoms with Crippen LogP contribution in [0.15, 0.2) is 16.8 Å². The molecule has 0 saturated carbocycles. The van der Waals surface area contributed by atoms with Crippen LogP contribution >= 0.6 is 0 Å². The Morgan fingerprint density at radius 3 is 2.96 bits per heavy atom. The van der Waals surface area contributed by atoms with E-state index < -0.39 is 18.1 Å². The van der Waals surface area contributed by atoms with Crippen LogP contribution in [-0.4, -0.2) is 62.4 Å². The van der Waals surface area contributed by atoms with Crippen LogP contribution in [0.1, 0.15) is 52.1 Å². The second-order valence-electron chi connectivity index (χ2n) is 6.52. The van der Waals surface area contributed by atoms with Gasteiger partial charge in [0.15, 0.2) is 5.69 Å². The van der Waals surface area contributed by atoms with Gasteiger partial charge in [-0.05, 0) is 19.8 Å². The Bertz CT molecular complexity index is 784. The molecular weight excluding hydrogens is 338 g/mol. The molecule has 3 heterocycles. The number of aromatic amines is 1. The zero-order chi connectivity index (χ0) is 18.7. The van der Waals surface area contributed by atoms with E-state index in [9.17, 15) is 14.7 Å². The van der Waals surface area contributed by atoms with Crippen molar-refractivity contribution in [1.82, 2.24) is 25.6 Å². The lowest BCUT2D eigenvalue weighted by atomic mass is 10.0. The summed E-state index contributed by atoms with van der Waals surface area (Å²) in [5.74, 6) is -0.0111. The molecule has 140 valence electrons.